The van der Waals surface area contributed by atoms with Crippen LogP contribution in [0, 0.1) is 0 Å². The molecule has 3 rings (SSSR count). The molecule has 0 bridgehead atoms. The van der Waals surface area contributed by atoms with Crippen molar-refractivity contribution >= 4 is 0 Å². The molecule has 22 heavy (non-hydrogen) atoms. The fourth-order valence-electron chi connectivity index (χ4n) is 3.41. The highest BCUT2D eigenvalue weighted by Gasteiger charge is 2.15. The molecule has 1 aliphatic heterocycles. The van der Waals surface area contributed by atoms with Crippen molar-refractivity contribution in [3.8, 4) is 5.75 Å². The summed E-state index contributed by atoms with van der Waals surface area (Å²) in [5.74, 6) is 1.42. The molecule has 0 amide bonds. The minimum absolute atomic E-state index is 0.374. The Hall–Kier alpha value is -1.32. The molecule has 1 aliphatic carbocycles. The maximum atomic E-state index is 10.1. The van der Waals surface area contributed by atoms with E-state index in [0.717, 1.165) is 25.4 Å². The third-order valence-electron chi connectivity index (χ3n) is 4.68. The highest BCUT2D eigenvalue weighted by Crippen LogP contribution is 2.29. The van der Waals surface area contributed by atoms with E-state index in [-0.39, 0.29) is 0 Å². The number of allylic oxidation sites excluding steroid dienone is 2. The number of nitrogens with zero attached hydrogens (tertiary/aromatic N) is 1. The van der Waals surface area contributed by atoms with Crippen molar-refractivity contribution in [2.24, 2.45) is 0 Å². The number of ether oxygens (including phenoxy) is 1. The minimum Gasteiger partial charge on any atom is -0.491 e. The third-order valence-corrected chi connectivity index (χ3v) is 4.68. The first-order chi connectivity index (χ1) is 10.8. The van der Waals surface area contributed by atoms with Gasteiger partial charge in [-0.2, -0.15) is 0 Å². The van der Waals surface area contributed by atoms with Crippen molar-refractivity contribution in [2.45, 2.75) is 44.1 Å². The second-order valence-corrected chi connectivity index (χ2v) is 6.51. The molecule has 0 spiro atoms. The van der Waals surface area contributed by atoms with E-state index in [0.29, 0.717) is 12.5 Å². The SMILES string of the molecule is O[C@@H](COc1ccc([C@H]2C=CCC2)cc1)CN1CCCCC1. The average Bonchev–Trinajstić information content (AvgIpc) is 3.09. The molecule has 0 radical (unpaired) electrons. The fourth-order valence-corrected chi connectivity index (χ4v) is 3.41. The summed E-state index contributed by atoms with van der Waals surface area (Å²) in [7, 11) is 0. The Balaban J connectivity index is 1.43. The number of β-amino-alcohol motifs (C(OH)–C–C–N with tert-alkyl or cyclic N) is 1. The molecule has 1 N–H and O–H groups in total. The summed E-state index contributed by atoms with van der Waals surface area (Å²) in [5, 5.41) is 10.1. The monoisotopic (exact) mass is 301 g/mol. The van der Waals surface area contributed by atoms with E-state index >= 15 is 0 Å². The first-order valence-corrected chi connectivity index (χ1v) is 8.61. The molecule has 1 aromatic rings. The van der Waals surface area contributed by atoms with Crippen molar-refractivity contribution in [1.29, 1.82) is 0 Å². The normalized spacial score (nSPS) is 23.6. The van der Waals surface area contributed by atoms with E-state index < -0.39 is 6.10 Å². The van der Waals surface area contributed by atoms with Crippen LogP contribution in [0.2, 0.25) is 0 Å². The second kappa shape index (κ2) is 7.80. The Kier molecular flexibility index (Phi) is 5.52. The first kappa shape index (κ1) is 15.6. The predicted octanol–water partition coefficient (Wildman–Crippen LogP) is 3.35. The Morgan fingerprint density at radius 3 is 2.59 bits per heavy atom. The van der Waals surface area contributed by atoms with Gasteiger partial charge in [0.05, 0.1) is 0 Å². The molecular formula is C19H27NO2. The van der Waals surface area contributed by atoms with Crippen LogP contribution in [0.1, 0.15) is 43.6 Å². The lowest BCUT2D eigenvalue weighted by molar-refractivity contribution is 0.0617. The molecule has 1 saturated heterocycles. The van der Waals surface area contributed by atoms with E-state index in [1.807, 2.05) is 12.1 Å². The summed E-state index contributed by atoms with van der Waals surface area (Å²) < 4.78 is 5.73. The van der Waals surface area contributed by atoms with Gasteiger partial charge in [-0.05, 0) is 56.5 Å². The van der Waals surface area contributed by atoms with Gasteiger partial charge in [-0.1, -0.05) is 30.7 Å². The van der Waals surface area contributed by atoms with Gasteiger partial charge in [-0.25, -0.2) is 0 Å². The van der Waals surface area contributed by atoms with Gasteiger partial charge in [0.25, 0.3) is 0 Å². The van der Waals surface area contributed by atoms with Crippen LogP contribution in [0.25, 0.3) is 0 Å². The van der Waals surface area contributed by atoms with Gasteiger partial charge in [0.2, 0.25) is 0 Å². The molecule has 2 atom stereocenters. The van der Waals surface area contributed by atoms with Crippen molar-refractivity contribution in [2.75, 3.05) is 26.2 Å². The smallest absolute Gasteiger partial charge is 0.119 e. The molecule has 1 fully saturated rings. The standard InChI is InChI=1S/C19H27NO2/c21-18(14-20-12-4-1-5-13-20)15-22-19-10-8-17(9-11-19)16-6-2-3-7-16/h2,6,8-11,16,18,21H,1,3-5,7,12-15H2/t16-,18+/m0/s1. The van der Waals surface area contributed by atoms with E-state index in [1.54, 1.807) is 0 Å². The highest BCUT2D eigenvalue weighted by atomic mass is 16.5. The number of hydrogen-bond acceptors (Lipinski definition) is 3. The number of benzene rings is 1. The number of aliphatic hydroxyl groups excluding tert-OH is 1. The number of piperidine rings is 1. The molecule has 1 aromatic carbocycles. The van der Waals surface area contributed by atoms with E-state index in [1.165, 1.54) is 37.7 Å². The minimum atomic E-state index is -0.407. The van der Waals surface area contributed by atoms with Gasteiger partial charge in [0.15, 0.2) is 0 Å². The lowest BCUT2D eigenvalue weighted by atomic mass is 9.99. The quantitative estimate of drug-likeness (QED) is 0.818. The van der Waals surface area contributed by atoms with Gasteiger partial charge in [-0.15, -0.1) is 0 Å². The summed E-state index contributed by atoms with van der Waals surface area (Å²) >= 11 is 0. The van der Waals surface area contributed by atoms with Crippen LogP contribution in [-0.4, -0.2) is 42.4 Å². The fraction of sp³-hybridized carbons (Fsp3) is 0.579. The molecule has 0 unspecified atom stereocenters. The van der Waals surface area contributed by atoms with Crippen LogP contribution in [0.4, 0.5) is 0 Å². The lowest BCUT2D eigenvalue weighted by Crippen LogP contribution is -2.38. The molecule has 2 aliphatic rings. The zero-order valence-corrected chi connectivity index (χ0v) is 13.3. The molecule has 1 heterocycles. The predicted molar refractivity (Wildman–Crippen MR) is 89.3 cm³/mol. The summed E-state index contributed by atoms with van der Waals surface area (Å²) in [6, 6.07) is 8.34. The van der Waals surface area contributed by atoms with Crippen LogP contribution in [0.15, 0.2) is 36.4 Å². The second-order valence-electron chi connectivity index (χ2n) is 6.51. The maximum Gasteiger partial charge on any atom is 0.119 e. The van der Waals surface area contributed by atoms with E-state index in [9.17, 15) is 5.11 Å². The molecule has 0 aromatic heterocycles. The van der Waals surface area contributed by atoms with E-state index in [2.05, 4.69) is 29.2 Å². The average molecular weight is 301 g/mol. The topological polar surface area (TPSA) is 32.7 Å². The van der Waals surface area contributed by atoms with Crippen molar-refractivity contribution in [3.63, 3.8) is 0 Å². The molecular weight excluding hydrogens is 274 g/mol. The van der Waals surface area contributed by atoms with Crippen molar-refractivity contribution in [3.05, 3.63) is 42.0 Å². The summed E-state index contributed by atoms with van der Waals surface area (Å²) in [4.78, 5) is 2.34. The zero-order chi connectivity index (χ0) is 15.2. The number of aliphatic hydroxyl groups is 1. The Morgan fingerprint density at radius 2 is 1.91 bits per heavy atom. The van der Waals surface area contributed by atoms with Gasteiger partial charge in [0, 0.05) is 12.5 Å². The van der Waals surface area contributed by atoms with Gasteiger partial charge >= 0.3 is 0 Å². The van der Waals surface area contributed by atoms with Crippen molar-refractivity contribution < 1.29 is 9.84 Å². The maximum absolute atomic E-state index is 10.1. The number of rotatable bonds is 6. The number of likely N-dealkylation sites (tertiary alicyclic amines) is 1. The summed E-state index contributed by atoms with van der Waals surface area (Å²) in [6.07, 6.45) is 10.4. The largest absolute Gasteiger partial charge is 0.491 e. The van der Waals surface area contributed by atoms with E-state index in [4.69, 9.17) is 4.74 Å². The molecule has 3 nitrogen and oxygen atoms in total. The van der Waals surface area contributed by atoms with Crippen molar-refractivity contribution in [1.82, 2.24) is 4.90 Å². The molecule has 0 saturated carbocycles. The Labute approximate surface area is 133 Å². The third kappa shape index (κ3) is 4.34. The molecule has 3 heteroatoms. The number of hydrogen-bond donors (Lipinski definition) is 1. The van der Waals surface area contributed by atoms with Crippen LogP contribution >= 0.6 is 0 Å². The van der Waals surface area contributed by atoms with Gasteiger partial charge in [-0.3, -0.25) is 0 Å². The Bertz CT molecular complexity index is 477. The molecule has 120 valence electrons. The summed E-state index contributed by atoms with van der Waals surface area (Å²) in [5.41, 5.74) is 1.36. The van der Waals surface area contributed by atoms with Crippen LogP contribution in [0.5, 0.6) is 5.75 Å². The van der Waals surface area contributed by atoms with Gasteiger partial charge < -0.3 is 14.7 Å². The van der Waals surface area contributed by atoms with Crippen LogP contribution in [0.3, 0.4) is 0 Å². The first-order valence-electron chi connectivity index (χ1n) is 8.61. The Morgan fingerprint density at radius 1 is 1.14 bits per heavy atom. The zero-order valence-electron chi connectivity index (χ0n) is 13.3. The van der Waals surface area contributed by atoms with Gasteiger partial charge in [0.1, 0.15) is 18.5 Å². The van der Waals surface area contributed by atoms with Crippen LogP contribution < -0.4 is 4.74 Å². The summed E-state index contributed by atoms with van der Waals surface area (Å²) in [6.45, 7) is 3.32. The lowest BCUT2D eigenvalue weighted by Gasteiger charge is -2.28. The highest BCUT2D eigenvalue weighted by molar-refractivity contribution is 5.32. The van der Waals surface area contributed by atoms with Crippen LogP contribution in [-0.2, 0) is 0 Å².